The van der Waals surface area contributed by atoms with Crippen LogP contribution in [0.25, 0.3) is 11.1 Å². The van der Waals surface area contributed by atoms with Crippen LogP contribution in [0.5, 0.6) is 5.75 Å². The predicted molar refractivity (Wildman–Crippen MR) is 136 cm³/mol. The first kappa shape index (κ1) is 25.3. The highest BCUT2D eigenvalue weighted by atomic mass is 19.2. The Morgan fingerprint density at radius 2 is 1.54 bits per heavy atom. The molecular formula is C31H35F3O. The highest BCUT2D eigenvalue weighted by molar-refractivity contribution is 5.65. The number of halogens is 3. The fourth-order valence-corrected chi connectivity index (χ4v) is 5.36. The van der Waals surface area contributed by atoms with E-state index in [9.17, 15) is 13.2 Å². The van der Waals surface area contributed by atoms with Gasteiger partial charge in [-0.05, 0) is 92.0 Å². The largest absolute Gasteiger partial charge is 0.494 e. The summed E-state index contributed by atoms with van der Waals surface area (Å²) in [5, 5.41) is 0. The lowest BCUT2D eigenvalue weighted by molar-refractivity contribution is 0.304. The van der Waals surface area contributed by atoms with Crippen LogP contribution in [0.2, 0.25) is 0 Å². The number of benzene rings is 3. The van der Waals surface area contributed by atoms with Crippen LogP contribution in [0.3, 0.4) is 0 Å². The standard InChI is InChI=1S/C31H35F3O/c1-3-5-21-6-13-24(14-7-21)28-18-16-25(30(33)31(28)34)15-10-22-8-11-23(12-9-22)27-19-17-26(35-4-2)20-29(27)32/h6-7,13-14,16-20,22-23H,3-5,8-12,15H2,1-2H3. The molecule has 0 spiro atoms. The predicted octanol–water partition coefficient (Wildman–Crippen LogP) is 9.03. The fourth-order valence-electron chi connectivity index (χ4n) is 5.36. The summed E-state index contributed by atoms with van der Waals surface area (Å²) >= 11 is 0. The Morgan fingerprint density at radius 1 is 0.800 bits per heavy atom. The molecule has 3 aromatic rings. The van der Waals surface area contributed by atoms with E-state index in [1.807, 2.05) is 43.3 Å². The minimum absolute atomic E-state index is 0.197. The van der Waals surface area contributed by atoms with E-state index < -0.39 is 11.6 Å². The lowest BCUT2D eigenvalue weighted by Gasteiger charge is -2.29. The van der Waals surface area contributed by atoms with Crippen molar-refractivity contribution < 1.29 is 17.9 Å². The summed E-state index contributed by atoms with van der Waals surface area (Å²) < 4.78 is 49.7. The summed E-state index contributed by atoms with van der Waals surface area (Å²) in [6, 6.07) is 16.3. The van der Waals surface area contributed by atoms with Crippen LogP contribution in [-0.4, -0.2) is 6.61 Å². The molecule has 4 rings (SSSR count). The third-order valence-corrected chi connectivity index (χ3v) is 7.36. The third kappa shape index (κ3) is 6.09. The van der Waals surface area contributed by atoms with Crippen LogP contribution in [0.1, 0.15) is 75.0 Å². The number of ether oxygens (including phenoxy) is 1. The molecule has 0 aromatic heterocycles. The summed E-state index contributed by atoms with van der Waals surface area (Å²) in [4.78, 5) is 0. The molecule has 186 valence electrons. The zero-order valence-electron chi connectivity index (χ0n) is 20.8. The molecule has 1 aliphatic carbocycles. The van der Waals surface area contributed by atoms with Crippen molar-refractivity contribution >= 4 is 0 Å². The minimum Gasteiger partial charge on any atom is -0.494 e. The number of aryl methyl sites for hydroxylation is 2. The monoisotopic (exact) mass is 480 g/mol. The molecule has 1 fully saturated rings. The van der Waals surface area contributed by atoms with Crippen molar-refractivity contribution in [3.05, 3.63) is 88.7 Å². The van der Waals surface area contributed by atoms with Crippen LogP contribution in [-0.2, 0) is 12.8 Å². The van der Waals surface area contributed by atoms with E-state index in [4.69, 9.17) is 4.74 Å². The van der Waals surface area contributed by atoms with Crippen molar-refractivity contribution in [2.24, 2.45) is 5.92 Å². The van der Waals surface area contributed by atoms with E-state index in [1.54, 1.807) is 12.1 Å². The molecule has 1 nitrogen and oxygen atoms in total. The fraction of sp³-hybridized carbons (Fsp3) is 0.419. The van der Waals surface area contributed by atoms with Crippen LogP contribution in [0.4, 0.5) is 13.2 Å². The van der Waals surface area contributed by atoms with E-state index in [-0.39, 0.29) is 11.7 Å². The van der Waals surface area contributed by atoms with Gasteiger partial charge in [-0.1, -0.05) is 55.8 Å². The van der Waals surface area contributed by atoms with Gasteiger partial charge in [-0.2, -0.15) is 0 Å². The van der Waals surface area contributed by atoms with Crippen LogP contribution in [0.15, 0.2) is 54.6 Å². The Hall–Kier alpha value is -2.75. The van der Waals surface area contributed by atoms with E-state index in [0.29, 0.717) is 41.4 Å². The van der Waals surface area contributed by atoms with Gasteiger partial charge in [0.2, 0.25) is 0 Å². The van der Waals surface area contributed by atoms with Gasteiger partial charge < -0.3 is 4.74 Å². The molecule has 0 aliphatic heterocycles. The zero-order valence-corrected chi connectivity index (χ0v) is 20.8. The van der Waals surface area contributed by atoms with Gasteiger partial charge in [0, 0.05) is 11.6 Å². The van der Waals surface area contributed by atoms with E-state index in [2.05, 4.69) is 6.92 Å². The van der Waals surface area contributed by atoms with Gasteiger partial charge in [0.15, 0.2) is 11.6 Å². The Labute approximate surface area is 207 Å². The molecule has 1 saturated carbocycles. The molecule has 0 N–H and O–H groups in total. The van der Waals surface area contributed by atoms with Crippen molar-refractivity contribution in [3.8, 4) is 16.9 Å². The molecule has 1 aliphatic rings. The van der Waals surface area contributed by atoms with Gasteiger partial charge in [0.1, 0.15) is 11.6 Å². The second-order valence-corrected chi connectivity index (χ2v) is 9.72. The van der Waals surface area contributed by atoms with Crippen molar-refractivity contribution in [2.75, 3.05) is 6.61 Å². The molecule has 4 heteroatoms. The summed E-state index contributed by atoms with van der Waals surface area (Å²) in [6.45, 7) is 4.52. The molecule has 3 aromatic carbocycles. The number of hydrogen-bond acceptors (Lipinski definition) is 1. The first-order valence-corrected chi connectivity index (χ1v) is 13.0. The van der Waals surface area contributed by atoms with Gasteiger partial charge >= 0.3 is 0 Å². The zero-order chi connectivity index (χ0) is 24.8. The molecule has 0 heterocycles. The molecule has 35 heavy (non-hydrogen) atoms. The molecule has 0 unspecified atom stereocenters. The maximum atomic E-state index is 14.9. The summed E-state index contributed by atoms with van der Waals surface area (Å²) in [5.41, 5.74) is 3.42. The smallest absolute Gasteiger partial charge is 0.166 e. The van der Waals surface area contributed by atoms with E-state index >= 15 is 0 Å². The van der Waals surface area contributed by atoms with Crippen LogP contribution in [0, 0.1) is 23.4 Å². The highest BCUT2D eigenvalue weighted by Crippen LogP contribution is 2.39. The number of hydrogen-bond donors (Lipinski definition) is 0. The van der Waals surface area contributed by atoms with Gasteiger partial charge in [-0.25, -0.2) is 13.2 Å². The molecule has 0 radical (unpaired) electrons. The quantitative estimate of drug-likeness (QED) is 0.297. The second kappa shape index (κ2) is 11.8. The maximum Gasteiger partial charge on any atom is 0.166 e. The first-order valence-electron chi connectivity index (χ1n) is 13.0. The highest BCUT2D eigenvalue weighted by Gasteiger charge is 2.25. The van der Waals surface area contributed by atoms with E-state index in [1.165, 1.54) is 11.6 Å². The maximum absolute atomic E-state index is 14.9. The molecule has 0 saturated heterocycles. The Balaban J connectivity index is 1.34. The van der Waals surface area contributed by atoms with Crippen molar-refractivity contribution in [1.29, 1.82) is 0 Å². The second-order valence-electron chi connectivity index (χ2n) is 9.72. The van der Waals surface area contributed by atoms with Gasteiger partial charge in [-0.3, -0.25) is 0 Å². The van der Waals surface area contributed by atoms with Crippen molar-refractivity contribution in [1.82, 2.24) is 0 Å². The lowest BCUT2D eigenvalue weighted by Crippen LogP contribution is -2.15. The molecule has 0 atom stereocenters. The molecule has 0 amide bonds. The first-order chi connectivity index (χ1) is 17.0. The van der Waals surface area contributed by atoms with Gasteiger partial charge in [-0.15, -0.1) is 0 Å². The summed E-state index contributed by atoms with van der Waals surface area (Å²) in [7, 11) is 0. The van der Waals surface area contributed by atoms with Crippen molar-refractivity contribution in [3.63, 3.8) is 0 Å². The third-order valence-electron chi connectivity index (χ3n) is 7.36. The van der Waals surface area contributed by atoms with Gasteiger partial charge in [0.25, 0.3) is 0 Å². The molecular weight excluding hydrogens is 445 g/mol. The lowest BCUT2D eigenvalue weighted by atomic mass is 9.76. The van der Waals surface area contributed by atoms with E-state index in [0.717, 1.165) is 50.5 Å². The topological polar surface area (TPSA) is 9.23 Å². The van der Waals surface area contributed by atoms with Crippen molar-refractivity contribution in [2.45, 2.75) is 71.1 Å². The van der Waals surface area contributed by atoms with Crippen LogP contribution < -0.4 is 4.74 Å². The Morgan fingerprint density at radius 3 is 2.20 bits per heavy atom. The Kier molecular flexibility index (Phi) is 8.54. The minimum atomic E-state index is -0.763. The summed E-state index contributed by atoms with van der Waals surface area (Å²) in [5.74, 6) is -0.469. The average Bonchev–Trinajstić information content (AvgIpc) is 2.87. The SMILES string of the molecule is CCCc1ccc(-c2ccc(CCC3CCC(c4ccc(OCC)cc4F)CC3)c(F)c2F)cc1. The number of rotatable bonds is 9. The average molecular weight is 481 g/mol. The molecule has 0 bridgehead atoms. The van der Waals surface area contributed by atoms with Gasteiger partial charge in [0.05, 0.1) is 6.61 Å². The van der Waals surface area contributed by atoms with Crippen LogP contribution >= 0.6 is 0 Å². The summed E-state index contributed by atoms with van der Waals surface area (Å²) in [6.07, 6.45) is 7.15. The normalized spacial score (nSPS) is 18.0. The Bertz CT molecular complexity index is 1110.